The zero-order valence-electron chi connectivity index (χ0n) is 21.3. The molecule has 12 heteroatoms. The van der Waals surface area contributed by atoms with E-state index in [2.05, 4.69) is 15.4 Å². The second kappa shape index (κ2) is 14.1. The van der Waals surface area contributed by atoms with Gasteiger partial charge in [0.15, 0.2) is 0 Å². The molecule has 0 unspecified atom stereocenters. The summed E-state index contributed by atoms with van der Waals surface area (Å²) in [5, 5.41) is 5.45. The first-order chi connectivity index (χ1) is 17.3. The molecule has 3 N–H and O–H groups in total. The van der Waals surface area contributed by atoms with Crippen LogP contribution in [0.15, 0.2) is 23.1 Å². The van der Waals surface area contributed by atoms with Gasteiger partial charge in [-0.3, -0.25) is 9.59 Å². The van der Waals surface area contributed by atoms with E-state index < -0.39 is 44.4 Å². The maximum absolute atomic E-state index is 13.3. The monoisotopic (exact) mass is 551 g/mol. The molecule has 37 heavy (non-hydrogen) atoms. The summed E-state index contributed by atoms with van der Waals surface area (Å²) in [7, 11) is -4.56. The van der Waals surface area contributed by atoms with Gasteiger partial charge in [0.2, 0.25) is 21.8 Å². The molecular formula is C25H37F4N3O4S. The van der Waals surface area contributed by atoms with E-state index in [-0.39, 0.29) is 37.4 Å². The Kier molecular flexibility index (Phi) is 11.8. The van der Waals surface area contributed by atoms with Crippen LogP contribution in [0.5, 0.6) is 0 Å². The molecule has 0 aromatic heterocycles. The summed E-state index contributed by atoms with van der Waals surface area (Å²) >= 11 is 0. The van der Waals surface area contributed by atoms with E-state index in [1.807, 2.05) is 13.8 Å². The van der Waals surface area contributed by atoms with E-state index in [4.69, 9.17) is 0 Å². The van der Waals surface area contributed by atoms with Crippen molar-refractivity contribution in [1.29, 1.82) is 0 Å². The minimum absolute atomic E-state index is 0.0451. The summed E-state index contributed by atoms with van der Waals surface area (Å²) in [4.78, 5) is 24.0. The smallest absolute Gasteiger partial charge is 0.354 e. The highest BCUT2D eigenvalue weighted by Crippen LogP contribution is 2.34. The van der Waals surface area contributed by atoms with Gasteiger partial charge in [-0.2, -0.15) is 13.2 Å². The fourth-order valence-corrected chi connectivity index (χ4v) is 5.73. The van der Waals surface area contributed by atoms with Gasteiger partial charge in [0.1, 0.15) is 11.9 Å². The van der Waals surface area contributed by atoms with E-state index in [9.17, 15) is 35.6 Å². The van der Waals surface area contributed by atoms with Gasteiger partial charge in [0.25, 0.3) is 0 Å². The molecule has 1 atom stereocenters. The molecule has 0 radical (unpaired) electrons. The van der Waals surface area contributed by atoms with Crippen LogP contribution in [0.2, 0.25) is 0 Å². The van der Waals surface area contributed by atoms with Gasteiger partial charge in [-0.1, -0.05) is 46.0 Å². The van der Waals surface area contributed by atoms with E-state index in [1.54, 1.807) is 0 Å². The molecular weight excluding hydrogens is 514 g/mol. The summed E-state index contributed by atoms with van der Waals surface area (Å²) in [5.74, 6) is -1.10. The largest absolute Gasteiger partial charge is 0.417 e. The Morgan fingerprint density at radius 3 is 2.38 bits per heavy atom. The van der Waals surface area contributed by atoms with Crippen molar-refractivity contribution >= 4 is 21.8 Å². The first-order valence-corrected chi connectivity index (χ1v) is 14.2. The third-order valence-corrected chi connectivity index (χ3v) is 7.86. The minimum Gasteiger partial charge on any atom is -0.354 e. The van der Waals surface area contributed by atoms with Crippen molar-refractivity contribution in [3.05, 3.63) is 29.6 Å². The van der Waals surface area contributed by atoms with E-state index >= 15 is 0 Å². The molecule has 1 aliphatic carbocycles. The highest BCUT2D eigenvalue weighted by molar-refractivity contribution is 7.89. The van der Waals surface area contributed by atoms with Crippen LogP contribution in [0.25, 0.3) is 0 Å². The van der Waals surface area contributed by atoms with Gasteiger partial charge in [-0.05, 0) is 49.3 Å². The molecule has 1 fully saturated rings. The predicted octanol–water partition coefficient (Wildman–Crippen LogP) is 4.52. The van der Waals surface area contributed by atoms with Gasteiger partial charge in [-0.25, -0.2) is 17.5 Å². The van der Waals surface area contributed by atoms with E-state index in [0.29, 0.717) is 30.9 Å². The first kappa shape index (κ1) is 31.0. The first-order valence-electron chi connectivity index (χ1n) is 12.7. The van der Waals surface area contributed by atoms with Gasteiger partial charge in [-0.15, -0.1) is 0 Å². The number of alkyl halides is 3. The third kappa shape index (κ3) is 10.6. The summed E-state index contributed by atoms with van der Waals surface area (Å²) in [6, 6.07) is 0.606. The Bertz CT molecular complexity index is 1010. The van der Waals surface area contributed by atoms with Gasteiger partial charge >= 0.3 is 6.18 Å². The average Bonchev–Trinajstić information content (AvgIpc) is 2.81. The Labute approximate surface area is 216 Å². The van der Waals surface area contributed by atoms with Crippen LogP contribution < -0.4 is 15.4 Å². The number of hydrogen-bond acceptors (Lipinski definition) is 4. The second-order valence-electron chi connectivity index (χ2n) is 9.97. The van der Waals surface area contributed by atoms with Crippen molar-refractivity contribution in [3.63, 3.8) is 0 Å². The standard InChI is InChI=1S/C25H37F4N3O4S/c1-17(2)15-21(32-23(33)12-9-18-7-4-3-5-8-18)24(34)30-13-6-14-31-37(35,36)22-11-10-19(26)16-20(22)25(27,28)29/h10-11,16-18,21,31H,3-9,12-15H2,1-2H3,(H,30,34)(H,32,33)/t21-/m0/s1. The SMILES string of the molecule is CC(C)C[C@H](NC(=O)CCC1CCCCC1)C(=O)NCCCNS(=O)(=O)c1ccc(F)cc1C(F)(F)F. The molecule has 0 aliphatic heterocycles. The summed E-state index contributed by atoms with van der Waals surface area (Å²) in [6.07, 6.45) is 2.51. The molecule has 0 saturated heterocycles. The lowest BCUT2D eigenvalue weighted by Crippen LogP contribution is -2.47. The van der Waals surface area contributed by atoms with Crippen molar-refractivity contribution in [2.75, 3.05) is 13.1 Å². The zero-order chi connectivity index (χ0) is 27.6. The fourth-order valence-electron chi connectivity index (χ4n) is 4.45. The van der Waals surface area contributed by atoms with Crippen molar-refractivity contribution in [1.82, 2.24) is 15.4 Å². The molecule has 0 bridgehead atoms. The Hall–Kier alpha value is -2.21. The number of amides is 2. The lowest BCUT2D eigenvalue weighted by Gasteiger charge is -2.23. The van der Waals surface area contributed by atoms with Crippen molar-refractivity contribution in [2.24, 2.45) is 11.8 Å². The molecule has 1 saturated carbocycles. The van der Waals surface area contributed by atoms with Crippen molar-refractivity contribution < 1.29 is 35.6 Å². The molecule has 7 nitrogen and oxygen atoms in total. The van der Waals surface area contributed by atoms with Crippen molar-refractivity contribution in [3.8, 4) is 0 Å². The Morgan fingerprint density at radius 2 is 1.76 bits per heavy atom. The van der Waals surface area contributed by atoms with Crippen LogP contribution in [-0.2, 0) is 25.8 Å². The number of rotatable bonds is 13. The number of sulfonamides is 1. The highest BCUT2D eigenvalue weighted by Gasteiger charge is 2.37. The third-order valence-electron chi connectivity index (χ3n) is 6.34. The quantitative estimate of drug-likeness (QED) is 0.248. The highest BCUT2D eigenvalue weighted by atomic mass is 32.2. The van der Waals surface area contributed by atoms with Crippen LogP contribution in [0.4, 0.5) is 17.6 Å². The van der Waals surface area contributed by atoms with Crippen LogP contribution in [0.1, 0.15) is 77.2 Å². The molecule has 0 heterocycles. The topological polar surface area (TPSA) is 104 Å². The van der Waals surface area contributed by atoms with Crippen molar-refractivity contribution in [2.45, 2.75) is 88.7 Å². The lowest BCUT2D eigenvalue weighted by atomic mass is 9.86. The van der Waals surface area contributed by atoms with Crippen LogP contribution in [0, 0.1) is 17.7 Å². The molecule has 2 amide bonds. The van der Waals surface area contributed by atoms with Crippen LogP contribution in [-0.4, -0.2) is 39.4 Å². The summed E-state index contributed by atoms with van der Waals surface area (Å²) in [5.41, 5.74) is -1.59. The Balaban J connectivity index is 1.83. The molecule has 1 aromatic carbocycles. The normalized spacial score (nSPS) is 16.0. The molecule has 0 spiro atoms. The fraction of sp³-hybridized carbons (Fsp3) is 0.680. The number of nitrogens with one attached hydrogen (secondary N) is 3. The summed E-state index contributed by atoms with van der Waals surface area (Å²) in [6.45, 7) is 3.64. The Morgan fingerprint density at radius 1 is 1.08 bits per heavy atom. The second-order valence-corrected chi connectivity index (χ2v) is 11.7. The van der Waals surface area contributed by atoms with Crippen LogP contribution in [0.3, 0.4) is 0 Å². The van der Waals surface area contributed by atoms with Gasteiger partial charge in [0.05, 0.1) is 10.5 Å². The zero-order valence-corrected chi connectivity index (χ0v) is 22.1. The minimum atomic E-state index is -5.05. The van der Waals surface area contributed by atoms with E-state index in [0.717, 1.165) is 19.3 Å². The number of halogens is 4. The molecule has 1 aromatic rings. The summed E-state index contributed by atoms with van der Waals surface area (Å²) < 4.78 is 79.5. The lowest BCUT2D eigenvalue weighted by molar-refractivity contribution is -0.140. The maximum atomic E-state index is 13.3. The number of carbonyl (C=O) groups is 2. The van der Waals surface area contributed by atoms with Crippen LogP contribution >= 0.6 is 0 Å². The maximum Gasteiger partial charge on any atom is 0.417 e. The van der Waals surface area contributed by atoms with E-state index in [1.165, 1.54) is 19.3 Å². The van der Waals surface area contributed by atoms with Gasteiger partial charge < -0.3 is 10.6 Å². The number of benzene rings is 1. The number of carbonyl (C=O) groups excluding carboxylic acids is 2. The predicted molar refractivity (Wildman–Crippen MR) is 131 cm³/mol. The molecule has 2 rings (SSSR count). The number of hydrogen-bond donors (Lipinski definition) is 3. The average molecular weight is 552 g/mol. The molecule has 210 valence electrons. The van der Waals surface area contributed by atoms with Gasteiger partial charge in [0, 0.05) is 19.5 Å². The molecule has 1 aliphatic rings.